The number of aryl methyl sites for hydroxylation is 1. The summed E-state index contributed by atoms with van der Waals surface area (Å²) in [6, 6.07) is 0.282. The number of amides is 1. The lowest BCUT2D eigenvalue weighted by molar-refractivity contribution is -0.00174. The van der Waals surface area contributed by atoms with E-state index >= 15 is 0 Å². The van der Waals surface area contributed by atoms with Crippen LogP contribution >= 0.6 is 0 Å². The molecule has 0 bridgehead atoms. The molecule has 6 nitrogen and oxygen atoms in total. The van der Waals surface area contributed by atoms with Gasteiger partial charge in [-0.25, -0.2) is 0 Å². The van der Waals surface area contributed by atoms with Crippen molar-refractivity contribution in [2.45, 2.75) is 64.6 Å². The Morgan fingerprint density at radius 3 is 2.62 bits per heavy atom. The Morgan fingerprint density at radius 1 is 1.25 bits per heavy atom. The van der Waals surface area contributed by atoms with Crippen LogP contribution in [-0.4, -0.2) is 68.9 Å². The van der Waals surface area contributed by atoms with Gasteiger partial charge in [-0.3, -0.25) is 14.4 Å². The topological polar surface area (TPSA) is 61.6 Å². The van der Waals surface area contributed by atoms with Crippen molar-refractivity contribution in [3.8, 4) is 0 Å². The number of aliphatic hydroxyl groups excluding tert-OH is 1. The summed E-state index contributed by atoms with van der Waals surface area (Å²) in [5, 5.41) is 14.6. The van der Waals surface area contributed by atoms with E-state index in [1.807, 2.05) is 16.5 Å². The maximum atomic E-state index is 12.8. The number of carbonyl (C=O) groups is 1. The van der Waals surface area contributed by atoms with Crippen LogP contribution in [0.2, 0.25) is 0 Å². The molecule has 1 saturated heterocycles. The van der Waals surface area contributed by atoms with Crippen LogP contribution in [0.3, 0.4) is 0 Å². The third-order valence-corrected chi connectivity index (χ3v) is 5.53. The van der Waals surface area contributed by atoms with Crippen molar-refractivity contribution < 1.29 is 9.90 Å². The minimum atomic E-state index is -0.199. The van der Waals surface area contributed by atoms with Crippen molar-refractivity contribution >= 4 is 5.91 Å². The third kappa shape index (κ3) is 3.49. The molecule has 6 heteroatoms. The summed E-state index contributed by atoms with van der Waals surface area (Å²) in [5.74, 6) is 0.0960. The monoisotopic (exact) mass is 334 g/mol. The van der Waals surface area contributed by atoms with Gasteiger partial charge < -0.3 is 10.0 Å². The van der Waals surface area contributed by atoms with Gasteiger partial charge in [0.1, 0.15) is 0 Å². The molecule has 2 atom stereocenters. The summed E-state index contributed by atoms with van der Waals surface area (Å²) in [4.78, 5) is 17.1. The first kappa shape index (κ1) is 17.4. The zero-order valence-corrected chi connectivity index (χ0v) is 14.9. The van der Waals surface area contributed by atoms with Gasteiger partial charge in [-0.15, -0.1) is 0 Å². The van der Waals surface area contributed by atoms with Gasteiger partial charge in [-0.1, -0.05) is 19.8 Å². The van der Waals surface area contributed by atoms with Crippen LogP contribution < -0.4 is 0 Å². The minimum absolute atomic E-state index is 0.0960. The number of piperazine rings is 1. The normalized spacial score (nSPS) is 25.9. The molecular weight excluding hydrogens is 304 g/mol. The Morgan fingerprint density at radius 2 is 1.96 bits per heavy atom. The number of hydrogen-bond acceptors (Lipinski definition) is 4. The van der Waals surface area contributed by atoms with Crippen LogP contribution in [0.15, 0.2) is 6.20 Å². The van der Waals surface area contributed by atoms with Crippen LogP contribution in [0.4, 0.5) is 0 Å². The molecule has 1 saturated carbocycles. The molecule has 0 spiro atoms. The molecule has 3 rings (SSSR count). The molecule has 0 radical (unpaired) electrons. The lowest BCUT2D eigenvalue weighted by Gasteiger charge is -2.42. The van der Waals surface area contributed by atoms with E-state index in [1.165, 1.54) is 6.42 Å². The van der Waals surface area contributed by atoms with E-state index in [0.717, 1.165) is 69.7 Å². The second kappa shape index (κ2) is 7.66. The molecule has 1 aromatic rings. The van der Waals surface area contributed by atoms with Gasteiger partial charge >= 0.3 is 0 Å². The summed E-state index contributed by atoms with van der Waals surface area (Å²) in [5.41, 5.74) is 1.70. The predicted octanol–water partition coefficient (Wildman–Crippen LogP) is 1.66. The van der Waals surface area contributed by atoms with Gasteiger partial charge in [-0.2, -0.15) is 5.10 Å². The number of carbonyl (C=O) groups excluding carboxylic acids is 1. The average Bonchev–Trinajstić information content (AvgIpc) is 2.96. The highest BCUT2D eigenvalue weighted by Gasteiger charge is 2.32. The summed E-state index contributed by atoms with van der Waals surface area (Å²) in [7, 11) is 0. The molecule has 1 aliphatic heterocycles. The predicted molar refractivity (Wildman–Crippen MR) is 93.0 cm³/mol. The second-order valence-corrected chi connectivity index (χ2v) is 7.11. The largest absolute Gasteiger partial charge is 0.391 e. The van der Waals surface area contributed by atoms with Crippen molar-refractivity contribution in [3.05, 3.63) is 17.5 Å². The lowest BCUT2D eigenvalue weighted by atomic mass is 9.91. The van der Waals surface area contributed by atoms with Crippen LogP contribution in [0.25, 0.3) is 0 Å². The van der Waals surface area contributed by atoms with Crippen molar-refractivity contribution in [2.24, 2.45) is 0 Å². The lowest BCUT2D eigenvalue weighted by Crippen LogP contribution is -2.55. The van der Waals surface area contributed by atoms with Gasteiger partial charge in [0.15, 0.2) is 0 Å². The van der Waals surface area contributed by atoms with E-state index in [2.05, 4.69) is 16.9 Å². The molecule has 0 unspecified atom stereocenters. The first-order valence-electron chi connectivity index (χ1n) is 9.35. The van der Waals surface area contributed by atoms with Gasteiger partial charge in [-0.05, 0) is 26.2 Å². The average molecular weight is 334 g/mol. The van der Waals surface area contributed by atoms with Crippen LogP contribution in [-0.2, 0) is 6.54 Å². The van der Waals surface area contributed by atoms with Crippen LogP contribution in [0.5, 0.6) is 0 Å². The molecule has 1 N–H and O–H groups in total. The Bertz CT molecular complexity index is 563. The highest BCUT2D eigenvalue weighted by Crippen LogP contribution is 2.24. The number of aliphatic hydroxyl groups is 1. The quantitative estimate of drug-likeness (QED) is 0.910. The number of nitrogens with zero attached hydrogens (tertiary/aromatic N) is 4. The summed E-state index contributed by atoms with van der Waals surface area (Å²) in [6.45, 7) is 8.13. The summed E-state index contributed by atoms with van der Waals surface area (Å²) in [6.07, 6.45) is 6.87. The van der Waals surface area contributed by atoms with Gasteiger partial charge in [0.2, 0.25) is 0 Å². The van der Waals surface area contributed by atoms with Crippen molar-refractivity contribution in [1.29, 1.82) is 0 Å². The van der Waals surface area contributed by atoms with E-state index in [9.17, 15) is 9.90 Å². The van der Waals surface area contributed by atoms with Crippen molar-refractivity contribution in [1.82, 2.24) is 19.6 Å². The van der Waals surface area contributed by atoms with Crippen molar-refractivity contribution in [2.75, 3.05) is 26.2 Å². The molecule has 2 heterocycles. The maximum Gasteiger partial charge on any atom is 0.257 e. The van der Waals surface area contributed by atoms with Gasteiger partial charge in [0.05, 0.1) is 17.9 Å². The molecule has 1 aliphatic carbocycles. The number of aromatic nitrogens is 2. The first-order chi connectivity index (χ1) is 11.6. The Hall–Kier alpha value is -1.40. The molecule has 134 valence electrons. The highest BCUT2D eigenvalue weighted by molar-refractivity contribution is 5.95. The molecule has 24 heavy (non-hydrogen) atoms. The summed E-state index contributed by atoms with van der Waals surface area (Å²) < 4.78 is 1.92. The van der Waals surface area contributed by atoms with E-state index in [1.54, 1.807) is 6.20 Å². The summed E-state index contributed by atoms with van der Waals surface area (Å²) >= 11 is 0. The number of hydrogen-bond donors (Lipinski definition) is 1. The first-order valence-corrected chi connectivity index (χ1v) is 9.35. The van der Waals surface area contributed by atoms with E-state index in [-0.39, 0.29) is 18.1 Å². The standard InChI is InChI=1S/C18H30N4O2/c1-3-8-22-14(2)15(13-19-22)18(24)21-11-9-20(10-12-21)16-6-4-5-7-17(16)23/h13,16-17,23H,3-12H2,1-2H3/t16-,17-/m1/s1. The fourth-order valence-corrected chi connectivity index (χ4v) is 4.04. The van der Waals surface area contributed by atoms with E-state index in [4.69, 9.17) is 0 Å². The fraction of sp³-hybridized carbons (Fsp3) is 0.778. The zero-order valence-electron chi connectivity index (χ0n) is 14.9. The van der Waals surface area contributed by atoms with Gasteiger partial charge in [0.25, 0.3) is 5.91 Å². The van der Waals surface area contributed by atoms with E-state index in [0.29, 0.717) is 0 Å². The molecule has 0 aromatic carbocycles. The minimum Gasteiger partial charge on any atom is -0.391 e. The fourth-order valence-electron chi connectivity index (χ4n) is 4.04. The van der Waals surface area contributed by atoms with Crippen LogP contribution in [0, 0.1) is 6.92 Å². The molecule has 2 aliphatic rings. The molecule has 1 amide bonds. The Kier molecular flexibility index (Phi) is 5.56. The third-order valence-electron chi connectivity index (χ3n) is 5.53. The van der Waals surface area contributed by atoms with E-state index < -0.39 is 0 Å². The smallest absolute Gasteiger partial charge is 0.257 e. The SMILES string of the molecule is CCCn1ncc(C(=O)N2CCN([C@@H]3CCCC[C@H]3O)CC2)c1C. The highest BCUT2D eigenvalue weighted by atomic mass is 16.3. The second-order valence-electron chi connectivity index (χ2n) is 7.11. The number of rotatable bonds is 4. The van der Waals surface area contributed by atoms with Crippen molar-refractivity contribution in [3.63, 3.8) is 0 Å². The molecule has 1 aromatic heterocycles. The zero-order chi connectivity index (χ0) is 17.1. The van der Waals surface area contributed by atoms with Gasteiger partial charge in [0, 0.05) is 44.5 Å². The van der Waals surface area contributed by atoms with Crippen LogP contribution in [0.1, 0.15) is 55.1 Å². The molecule has 2 fully saturated rings. The Labute approximate surface area is 144 Å². The maximum absolute atomic E-state index is 12.8. The Balaban J connectivity index is 1.59. The molecular formula is C18H30N4O2.